The Bertz CT molecular complexity index is 385. The Morgan fingerprint density at radius 1 is 1.13 bits per heavy atom. The first-order valence-electron chi connectivity index (χ1n) is 4.81. The number of nitrogens with one attached hydrogen (secondary N) is 1. The zero-order valence-electron chi connectivity index (χ0n) is 8.19. The van der Waals surface area contributed by atoms with E-state index in [2.05, 4.69) is 5.32 Å². The topological polar surface area (TPSA) is 12.0 Å². The van der Waals surface area contributed by atoms with Crippen LogP contribution in [0.4, 0.5) is 10.1 Å². The zero-order chi connectivity index (χ0) is 10.5. The fourth-order valence-corrected chi connectivity index (χ4v) is 2.17. The number of thiophene rings is 1. The van der Waals surface area contributed by atoms with Gasteiger partial charge in [0.15, 0.2) is 0 Å². The molecule has 1 aromatic heterocycles. The van der Waals surface area contributed by atoms with Crippen LogP contribution in [0.2, 0.25) is 0 Å². The van der Waals surface area contributed by atoms with Gasteiger partial charge in [-0.1, -0.05) is 24.3 Å². The van der Waals surface area contributed by atoms with E-state index < -0.39 is 6.67 Å². The molecule has 1 atom stereocenters. The van der Waals surface area contributed by atoms with E-state index in [4.69, 9.17) is 0 Å². The first kappa shape index (κ1) is 10.2. The fourth-order valence-electron chi connectivity index (χ4n) is 1.41. The lowest BCUT2D eigenvalue weighted by Gasteiger charge is -2.14. The van der Waals surface area contributed by atoms with E-state index in [9.17, 15) is 4.39 Å². The monoisotopic (exact) mass is 221 g/mol. The summed E-state index contributed by atoms with van der Waals surface area (Å²) in [6, 6.07) is 13.4. The van der Waals surface area contributed by atoms with Crippen LogP contribution in [0.15, 0.2) is 47.8 Å². The van der Waals surface area contributed by atoms with E-state index in [0.29, 0.717) is 0 Å². The molecule has 1 unspecified atom stereocenters. The van der Waals surface area contributed by atoms with Gasteiger partial charge in [-0.25, -0.2) is 4.39 Å². The van der Waals surface area contributed by atoms with Crippen LogP contribution in [-0.2, 0) is 0 Å². The molecular formula is C12H12FNS. The number of anilines is 1. The summed E-state index contributed by atoms with van der Waals surface area (Å²) in [5.74, 6) is 0. The summed E-state index contributed by atoms with van der Waals surface area (Å²) < 4.78 is 12.9. The fraction of sp³-hybridized carbons (Fsp3) is 0.167. The highest BCUT2D eigenvalue weighted by molar-refractivity contribution is 7.10. The lowest BCUT2D eigenvalue weighted by Crippen LogP contribution is -2.10. The largest absolute Gasteiger partial charge is 0.375 e. The average Bonchev–Trinajstić information content (AvgIpc) is 2.81. The van der Waals surface area contributed by atoms with Gasteiger partial charge in [-0.3, -0.25) is 0 Å². The normalized spacial score (nSPS) is 12.3. The van der Waals surface area contributed by atoms with Crippen LogP contribution in [0.5, 0.6) is 0 Å². The van der Waals surface area contributed by atoms with Crippen LogP contribution < -0.4 is 5.32 Å². The number of hydrogen-bond acceptors (Lipinski definition) is 2. The van der Waals surface area contributed by atoms with Crippen LogP contribution in [-0.4, -0.2) is 6.67 Å². The highest BCUT2D eigenvalue weighted by Gasteiger charge is 2.11. The minimum atomic E-state index is -0.393. The van der Waals surface area contributed by atoms with Crippen molar-refractivity contribution in [2.45, 2.75) is 6.04 Å². The molecular weight excluding hydrogens is 209 g/mol. The van der Waals surface area contributed by atoms with Crippen molar-refractivity contribution >= 4 is 17.0 Å². The number of halogens is 1. The highest BCUT2D eigenvalue weighted by Crippen LogP contribution is 2.23. The second-order valence-corrected chi connectivity index (χ2v) is 4.21. The molecule has 0 saturated heterocycles. The molecule has 1 heterocycles. The molecule has 0 aliphatic carbocycles. The summed E-state index contributed by atoms with van der Waals surface area (Å²) in [7, 11) is 0. The Balaban J connectivity index is 2.10. The quantitative estimate of drug-likeness (QED) is 0.826. The van der Waals surface area contributed by atoms with E-state index in [1.807, 2.05) is 47.8 Å². The van der Waals surface area contributed by atoms with E-state index in [0.717, 1.165) is 10.6 Å². The van der Waals surface area contributed by atoms with Gasteiger partial charge < -0.3 is 5.32 Å². The van der Waals surface area contributed by atoms with E-state index in [1.165, 1.54) is 0 Å². The van der Waals surface area contributed by atoms with Crippen LogP contribution in [0, 0.1) is 0 Å². The summed E-state index contributed by atoms with van der Waals surface area (Å²) in [6.45, 7) is -0.393. The van der Waals surface area contributed by atoms with Gasteiger partial charge in [-0.2, -0.15) is 0 Å². The highest BCUT2D eigenvalue weighted by atomic mass is 32.1. The van der Waals surface area contributed by atoms with Crippen molar-refractivity contribution in [3.63, 3.8) is 0 Å². The minimum absolute atomic E-state index is 0.229. The maximum atomic E-state index is 12.9. The van der Waals surface area contributed by atoms with Crippen molar-refractivity contribution in [2.24, 2.45) is 0 Å². The molecule has 1 aromatic carbocycles. The maximum Gasteiger partial charge on any atom is 0.114 e. The molecule has 0 spiro atoms. The summed E-state index contributed by atoms with van der Waals surface area (Å²) in [4.78, 5) is 1.03. The number of benzene rings is 1. The summed E-state index contributed by atoms with van der Waals surface area (Å²) >= 11 is 1.57. The summed E-state index contributed by atoms with van der Waals surface area (Å²) in [5, 5.41) is 5.13. The molecule has 0 amide bonds. The van der Waals surface area contributed by atoms with Crippen molar-refractivity contribution in [1.29, 1.82) is 0 Å². The number of para-hydroxylation sites is 1. The second kappa shape index (κ2) is 4.94. The predicted molar refractivity (Wildman–Crippen MR) is 63.1 cm³/mol. The molecule has 15 heavy (non-hydrogen) atoms. The second-order valence-electron chi connectivity index (χ2n) is 3.23. The van der Waals surface area contributed by atoms with Crippen LogP contribution in [0.25, 0.3) is 0 Å². The molecule has 2 aromatic rings. The molecule has 3 heteroatoms. The lowest BCUT2D eigenvalue weighted by molar-refractivity contribution is 0.456. The van der Waals surface area contributed by atoms with Gasteiger partial charge in [-0.05, 0) is 23.6 Å². The summed E-state index contributed by atoms with van der Waals surface area (Å²) in [5.41, 5.74) is 0.952. The van der Waals surface area contributed by atoms with Gasteiger partial charge in [0.25, 0.3) is 0 Å². The van der Waals surface area contributed by atoms with Crippen LogP contribution >= 0.6 is 11.3 Å². The lowest BCUT2D eigenvalue weighted by atomic mass is 10.2. The van der Waals surface area contributed by atoms with Gasteiger partial charge >= 0.3 is 0 Å². The minimum Gasteiger partial charge on any atom is -0.375 e. The molecule has 2 rings (SSSR count). The third-order valence-corrected chi connectivity index (χ3v) is 3.14. The standard InChI is InChI=1S/C12H12FNS/c13-9-11(12-7-4-8-15-12)14-10-5-2-1-3-6-10/h1-8,11,14H,9H2. The van der Waals surface area contributed by atoms with Gasteiger partial charge in [0.2, 0.25) is 0 Å². The molecule has 0 saturated carbocycles. The first-order chi connectivity index (χ1) is 7.40. The van der Waals surface area contributed by atoms with Crippen molar-refractivity contribution < 1.29 is 4.39 Å². The van der Waals surface area contributed by atoms with Gasteiger partial charge in [0, 0.05) is 10.6 Å². The molecule has 1 N–H and O–H groups in total. The third-order valence-electron chi connectivity index (χ3n) is 2.16. The van der Waals surface area contributed by atoms with Gasteiger partial charge in [0.05, 0.1) is 6.04 Å². The Morgan fingerprint density at radius 3 is 2.53 bits per heavy atom. The van der Waals surface area contributed by atoms with Crippen LogP contribution in [0.1, 0.15) is 10.9 Å². The van der Waals surface area contributed by atoms with Crippen molar-refractivity contribution in [3.05, 3.63) is 52.7 Å². The maximum absolute atomic E-state index is 12.9. The van der Waals surface area contributed by atoms with Crippen molar-refractivity contribution in [2.75, 3.05) is 12.0 Å². The number of hydrogen-bond donors (Lipinski definition) is 1. The van der Waals surface area contributed by atoms with E-state index in [-0.39, 0.29) is 6.04 Å². The molecule has 0 fully saturated rings. The summed E-state index contributed by atoms with van der Waals surface area (Å²) in [6.07, 6.45) is 0. The molecule has 0 bridgehead atoms. The van der Waals surface area contributed by atoms with Crippen molar-refractivity contribution in [1.82, 2.24) is 0 Å². The van der Waals surface area contributed by atoms with Crippen molar-refractivity contribution in [3.8, 4) is 0 Å². The van der Waals surface area contributed by atoms with Gasteiger partial charge in [0.1, 0.15) is 6.67 Å². The molecule has 0 radical (unpaired) electrons. The Morgan fingerprint density at radius 2 is 1.93 bits per heavy atom. The van der Waals surface area contributed by atoms with E-state index >= 15 is 0 Å². The van der Waals surface area contributed by atoms with Crippen LogP contribution in [0.3, 0.4) is 0 Å². The molecule has 78 valence electrons. The average molecular weight is 221 g/mol. The first-order valence-corrected chi connectivity index (χ1v) is 5.69. The Kier molecular flexibility index (Phi) is 3.35. The zero-order valence-corrected chi connectivity index (χ0v) is 9.01. The van der Waals surface area contributed by atoms with E-state index in [1.54, 1.807) is 11.3 Å². The molecule has 1 nitrogen and oxygen atoms in total. The van der Waals surface area contributed by atoms with Gasteiger partial charge in [-0.15, -0.1) is 11.3 Å². The molecule has 0 aliphatic rings. The predicted octanol–water partition coefficient (Wildman–Crippen LogP) is 3.87. The molecule has 0 aliphatic heterocycles. The Hall–Kier alpha value is -1.35. The number of alkyl halides is 1. The smallest absolute Gasteiger partial charge is 0.114 e. The third kappa shape index (κ3) is 2.57. The Labute approximate surface area is 92.6 Å². The number of rotatable bonds is 4. The SMILES string of the molecule is FCC(Nc1ccccc1)c1cccs1.